The number of nitrogens with one attached hydrogen (secondary N) is 1. The predicted octanol–water partition coefficient (Wildman–Crippen LogP) is 2.28. The van der Waals surface area contributed by atoms with Gasteiger partial charge in [-0.25, -0.2) is 0 Å². The number of hydrogen-bond donors (Lipinski definition) is 1. The first kappa shape index (κ1) is 15.6. The Balaban J connectivity index is 1.88. The number of carbonyl (C=O) groups is 1. The van der Waals surface area contributed by atoms with Gasteiger partial charge in [0.15, 0.2) is 0 Å². The molecule has 1 saturated heterocycles. The number of esters is 1. The van der Waals surface area contributed by atoms with E-state index >= 15 is 0 Å². The lowest BCUT2D eigenvalue weighted by Gasteiger charge is -2.11. The molecular weight excluding hydrogens is 287 g/mol. The van der Waals surface area contributed by atoms with Gasteiger partial charge in [-0.2, -0.15) is 0 Å². The van der Waals surface area contributed by atoms with E-state index in [0.717, 1.165) is 5.56 Å². The smallest absolute Gasteiger partial charge is 0.468 e. The molecule has 4 nitrogen and oxygen atoms in total. The highest BCUT2D eigenvalue weighted by Crippen LogP contribution is 2.25. The lowest BCUT2D eigenvalue weighted by Crippen LogP contribution is -2.31. The van der Waals surface area contributed by atoms with Crippen molar-refractivity contribution in [3.8, 4) is 5.75 Å². The molecule has 0 aromatic heterocycles. The lowest BCUT2D eigenvalue weighted by molar-refractivity contribution is -0.274. The van der Waals surface area contributed by atoms with Gasteiger partial charge in [-0.05, 0) is 43.0 Å². The minimum absolute atomic E-state index is 0.233. The van der Waals surface area contributed by atoms with Crippen molar-refractivity contribution in [1.82, 2.24) is 5.32 Å². The second-order valence-corrected chi connectivity index (χ2v) is 4.98. The summed E-state index contributed by atoms with van der Waals surface area (Å²) in [6.45, 7) is 0.681. The maximum atomic E-state index is 12.0. The van der Waals surface area contributed by atoms with E-state index in [1.807, 2.05) is 0 Å². The summed E-state index contributed by atoms with van der Waals surface area (Å²) in [4.78, 5) is 11.4. The predicted molar refractivity (Wildman–Crippen MR) is 68.7 cm³/mol. The van der Waals surface area contributed by atoms with Crippen molar-refractivity contribution in [3.05, 3.63) is 29.8 Å². The van der Waals surface area contributed by atoms with Gasteiger partial charge in [0, 0.05) is 0 Å². The van der Waals surface area contributed by atoms with Crippen LogP contribution in [0, 0.1) is 5.92 Å². The second kappa shape index (κ2) is 6.34. The van der Waals surface area contributed by atoms with Crippen molar-refractivity contribution in [3.63, 3.8) is 0 Å². The molecule has 1 fully saturated rings. The largest absolute Gasteiger partial charge is 0.573 e. The molecule has 0 bridgehead atoms. The Morgan fingerprint density at radius 3 is 2.57 bits per heavy atom. The molecule has 2 atom stereocenters. The van der Waals surface area contributed by atoms with Crippen LogP contribution < -0.4 is 10.1 Å². The van der Waals surface area contributed by atoms with Crippen LogP contribution in [0.2, 0.25) is 0 Å². The van der Waals surface area contributed by atoms with Crippen molar-refractivity contribution >= 4 is 5.97 Å². The molecule has 2 rings (SSSR count). The highest BCUT2D eigenvalue weighted by Gasteiger charge is 2.31. The molecule has 1 N–H and O–H groups in total. The average molecular weight is 303 g/mol. The van der Waals surface area contributed by atoms with E-state index in [2.05, 4.69) is 14.8 Å². The van der Waals surface area contributed by atoms with Crippen LogP contribution in [0.4, 0.5) is 13.2 Å². The summed E-state index contributed by atoms with van der Waals surface area (Å²) in [5, 5.41) is 3.07. The summed E-state index contributed by atoms with van der Waals surface area (Å²) in [5.41, 5.74) is 0.904. The van der Waals surface area contributed by atoms with E-state index in [-0.39, 0.29) is 23.7 Å². The van der Waals surface area contributed by atoms with Crippen LogP contribution in [0.1, 0.15) is 12.0 Å². The quantitative estimate of drug-likeness (QED) is 0.867. The van der Waals surface area contributed by atoms with Gasteiger partial charge in [0.25, 0.3) is 0 Å². The van der Waals surface area contributed by atoms with Crippen LogP contribution in [0.25, 0.3) is 0 Å². The Bertz CT molecular complexity index is 487. The Morgan fingerprint density at radius 2 is 2.00 bits per heavy atom. The van der Waals surface area contributed by atoms with Gasteiger partial charge in [-0.1, -0.05) is 12.1 Å². The molecule has 1 heterocycles. The molecule has 0 amide bonds. The molecule has 116 valence electrons. The van der Waals surface area contributed by atoms with Gasteiger partial charge in [0.2, 0.25) is 0 Å². The fourth-order valence-corrected chi connectivity index (χ4v) is 2.45. The van der Waals surface area contributed by atoms with Crippen LogP contribution in [0.3, 0.4) is 0 Å². The molecule has 1 aromatic rings. The molecule has 0 radical (unpaired) electrons. The number of alkyl halides is 3. The van der Waals surface area contributed by atoms with Crippen molar-refractivity contribution in [2.24, 2.45) is 5.92 Å². The Hall–Kier alpha value is -1.76. The zero-order chi connectivity index (χ0) is 15.5. The number of ether oxygens (including phenoxy) is 2. The number of rotatable bonds is 4. The molecule has 21 heavy (non-hydrogen) atoms. The number of benzene rings is 1. The summed E-state index contributed by atoms with van der Waals surface area (Å²) in [7, 11) is 1.34. The van der Waals surface area contributed by atoms with E-state index in [1.165, 1.54) is 19.2 Å². The highest BCUT2D eigenvalue weighted by atomic mass is 19.4. The minimum atomic E-state index is -4.68. The maximum absolute atomic E-state index is 12.0. The summed E-state index contributed by atoms with van der Waals surface area (Å²) in [5.74, 6) is -0.266. The zero-order valence-corrected chi connectivity index (χ0v) is 11.4. The second-order valence-electron chi connectivity index (χ2n) is 4.98. The van der Waals surface area contributed by atoms with Crippen LogP contribution in [0.15, 0.2) is 24.3 Å². The van der Waals surface area contributed by atoms with Gasteiger partial charge in [0.05, 0.1) is 7.11 Å². The van der Waals surface area contributed by atoms with E-state index in [9.17, 15) is 18.0 Å². The maximum Gasteiger partial charge on any atom is 0.573 e. The standard InChI is InChI=1S/C14H16F3NO3/c1-20-13(19)12-7-10(8-18-12)6-9-2-4-11(5-3-9)21-14(15,16)17/h2-5,10,12,18H,6-8H2,1H3/t10?,12-/m0/s1. The topological polar surface area (TPSA) is 47.6 Å². The molecule has 1 aromatic carbocycles. The third-order valence-corrected chi connectivity index (χ3v) is 3.39. The van der Waals surface area contributed by atoms with Gasteiger partial charge in [-0.3, -0.25) is 4.79 Å². The molecule has 1 aliphatic heterocycles. The molecule has 0 saturated carbocycles. The fourth-order valence-electron chi connectivity index (χ4n) is 2.45. The van der Waals surface area contributed by atoms with E-state index in [1.54, 1.807) is 12.1 Å². The lowest BCUT2D eigenvalue weighted by atomic mass is 9.97. The Kier molecular flexibility index (Phi) is 4.72. The molecule has 1 aliphatic rings. The van der Waals surface area contributed by atoms with Gasteiger partial charge >= 0.3 is 12.3 Å². The monoisotopic (exact) mass is 303 g/mol. The Labute approximate surface area is 120 Å². The first-order valence-electron chi connectivity index (χ1n) is 6.53. The molecule has 0 spiro atoms. The van der Waals surface area contributed by atoms with Crippen LogP contribution in [-0.2, 0) is 16.0 Å². The first-order valence-corrected chi connectivity index (χ1v) is 6.53. The molecule has 0 aliphatic carbocycles. The normalized spacial score (nSPS) is 22.1. The highest BCUT2D eigenvalue weighted by molar-refractivity contribution is 5.76. The zero-order valence-electron chi connectivity index (χ0n) is 11.4. The van der Waals surface area contributed by atoms with E-state index in [0.29, 0.717) is 19.4 Å². The van der Waals surface area contributed by atoms with E-state index < -0.39 is 6.36 Å². The number of carbonyl (C=O) groups excluding carboxylic acids is 1. The SMILES string of the molecule is COC(=O)[C@@H]1CC(Cc2ccc(OC(F)(F)F)cc2)CN1. The summed E-state index contributed by atoms with van der Waals surface area (Å²) >= 11 is 0. The summed E-state index contributed by atoms with van der Waals surface area (Å²) in [6.07, 6.45) is -3.33. The van der Waals surface area contributed by atoms with Crippen LogP contribution >= 0.6 is 0 Å². The van der Waals surface area contributed by atoms with Crippen LogP contribution in [0.5, 0.6) is 5.75 Å². The first-order chi connectivity index (χ1) is 9.87. The molecule has 7 heteroatoms. The molecule has 1 unspecified atom stereocenters. The number of methoxy groups -OCH3 is 1. The van der Waals surface area contributed by atoms with Gasteiger partial charge in [-0.15, -0.1) is 13.2 Å². The Morgan fingerprint density at radius 1 is 1.33 bits per heavy atom. The van der Waals surface area contributed by atoms with Gasteiger partial charge in [0.1, 0.15) is 11.8 Å². The third kappa shape index (κ3) is 4.63. The summed E-state index contributed by atoms with van der Waals surface area (Å²) in [6, 6.07) is 5.50. The molecular formula is C14H16F3NO3. The van der Waals surface area contributed by atoms with E-state index in [4.69, 9.17) is 0 Å². The van der Waals surface area contributed by atoms with Crippen molar-refractivity contribution in [1.29, 1.82) is 0 Å². The fraction of sp³-hybridized carbons (Fsp3) is 0.500. The summed E-state index contributed by atoms with van der Waals surface area (Å²) < 4.78 is 44.6. The number of halogens is 3. The van der Waals surface area contributed by atoms with Gasteiger partial charge < -0.3 is 14.8 Å². The average Bonchev–Trinajstić information content (AvgIpc) is 2.87. The third-order valence-electron chi connectivity index (χ3n) is 3.39. The van der Waals surface area contributed by atoms with Crippen LogP contribution in [-0.4, -0.2) is 32.0 Å². The van der Waals surface area contributed by atoms with Crippen molar-refractivity contribution in [2.75, 3.05) is 13.7 Å². The number of hydrogen-bond acceptors (Lipinski definition) is 4. The van der Waals surface area contributed by atoms with Crippen molar-refractivity contribution in [2.45, 2.75) is 25.2 Å². The van der Waals surface area contributed by atoms with Crippen molar-refractivity contribution < 1.29 is 27.4 Å². The minimum Gasteiger partial charge on any atom is -0.468 e.